The van der Waals surface area contributed by atoms with Crippen LogP contribution in [0, 0.1) is 0 Å². The van der Waals surface area contributed by atoms with Crippen LogP contribution in [0.25, 0.3) is 0 Å². The lowest BCUT2D eigenvalue weighted by Gasteiger charge is -2.25. The highest BCUT2D eigenvalue weighted by Gasteiger charge is 2.21. The average Bonchev–Trinajstić information content (AvgIpc) is 3.13. The Kier molecular flexibility index (Phi) is 7.06. The van der Waals surface area contributed by atoms with Gasteiger partial charge in [0.2, 0.25) is 0 Å². The van der Waals surface area contributed by atoms with Crippen molar-refractivity contribution in [1.82, 2.24) is 25.4 Å². The molecule has 3 rings (SSSR count). The van der Waals surface area contributed by atoms with Gasteiger partial charge in [0.25, 0.3) is 0 Å². The maximum Gasteiger partial charge on any atom is 0.191 e. The molecule has 1 atom stereocenters. The van der Waals surface area contributed by atoms with Gasteiger partial charge in [0.05, 0.1) is 6.54 Å². The van der Waals surface area contributed by atoms with Gasteiger partial charge in [-0.15, -0.1) is 0 Å². The van der Waals surface area contributed by atoms with Crippen molar-refractivity contribution in [2.45, 2.75) is 71.4 Å². The van der Waals surface area contributed by atoms with Crippen molar-refractivity contribution in [3.63, 3.8) is 0 Å². The molecule has 0 saturated carbocycles. The largest absolute Gasteiger partial charge is 0.356 e. The first-order valence-electron chi connectivity index (χ1n) is 10.6. The van der Waals surface area contributed by atoms with Crippen LogP contribution in [-0.2, 0) is 25.8 Å². The van der Waals surface area contributed by atoms with E-state index in [2.05, 4.69) is 70.7 Å². The molecule has 6 heteroatoms. The Bertz CT molecular complexity index is 775. The predicted octanol–water partition coefficient (Wildman–Crippen LogP) is 3.08. The van der Waals surface area contributed by atoms with Crippen LogP contribution in [0.15, 0.2) is 29.3 Å². The van der Waals surface area contributed by atoms with E-state index in [1.165, 1.54) is 11.1 Å². The van der Waals surface area contributed by atoms with Crippen LogP contribution in [-0.4, -0.2) is 40.4 Å². The zero-order valence-electron chi connectivity index (χ0n) is 17.7. The number of hydrogen-bond donors (Lipinski definition) is 2. The van der Waals surface area contributed by atoms with Crippen LogP contribution in [0.2, 0.25) is 0 Å². The summed E-state index contributed by atoms with van der Waals surface area (Å²) in [5.41, 5.74) is 2.80. The van der Waals surface area contributed by atoms with Crippen molar-refractivity contribution < 1.29 is 0 Å². The molecule has 1 aliphatic rings. The Morgan fingerprint density at radius 1 is 1.29 bits per heavy atom. The SMILES string of the molecule is CCc1nc2n(n1)CC(NC(=NC)NCCCc1ccc(C(C)C)cc1)CC2. The lowest BCUT2D eigenvalue weighted by atomic mass is 10.0. The molecule has 0 bridgehead atoms. The van der Waals surface area contributed by atoms with E-state index >= 15 is 0 Å². The summed E-state index contributed by atoms with van der Waals surface area (Å²) in [5.74, 6) is 3.52. The number of benzene rings is 1. The van der Waals surface area contributed by atoms with Gasteiger partial charge in [0.15, 0.2) is 11.8 Å². The smallest absolute Gasteiger partial charge is 0.191 e. The van der Waals surface area contributed by atoms with Gasteiger partial charge in [-0.25, -0.2) is 9.67 Å². The lowest BCUT2D eigenvalue weighted by Crippen LogP contribution is -2.47. The fourth-order valence-corrected chi connectivity index (χ4v) is 3.58. The number of nitrogens with zero attached hydrogens (tertiary/aromatic N) is 4. The number of rotatable bonds is 7. The number of aryl methyl sites for hydroxylation is 3. The number of fused-ring (bicyclic) bond motifs is 1. The van der Waals surface area contributed by atoms with Crippen LogP contribution in [0.4, 0.5) is 0 Å². The summed E-state index contributed by atoms with van der Waals surface area (Å²) in [5, 5.41) is 11.6. The average molecular weight is 383 g/mol. The van der Waals surface area contributed by atoms with Gasteiger partial charge in [0, 0.05) is 32.5 Å². The molecule has 0 aliphatic carbocycles. The third kappa shape index (κ3) is 5.33. The summed E-state index contributed by atoms with van der Waals surface area (Å²) in [7, 11) is 1.83. The second-order valence-corrected chi connectivity index (χ2v) is 7.86. The summed E-state index contributed by atoms with van der Waals surface area (Å²) < 4.78 is 2.05. The maximum absolute atomic E-state index is 4.59. The topological polar surface area (TPSA) is 67.1 Å². The molecule has 2 N–H and O–H groups in total. The van der Waals surface area contributed by atoms with Gasteiger partial charge in [0.1, 0.15) is 5.82 Å². The van der Waals surface area contributed by atoms with Crippen LogP contribution in [0.3, 0.4) is 0 Å². The van der Waals surface area contributed by atoms with E-state index < -0.39 is 0 Å². The molecule has 6 nitrogen and oxygen atoms in total. The normalized spacial score (nSPS) is 16.9. The minimum atomic E-state index is 0.341. The highest BCUT2D eigenvalue weighted by atomic mass is 15.4. The molecule has 0 amide bonds. The van der Waals surface area contributed by atoms with Gasteiger partial charge < -0.3 is 10.6 Å². The van der Waals surface area contributed by atoms with Gasteiger partial charge >= 0.3 is 0 Å². The van der Waals surface area contributed by atoms with E-state index in [1.807, 2.05) is 11.7 Å². The first-order chi connectivity index (χ1) is 13.6. The lowest BCUT2D eigenvalue weighted by molar-refractivity contribution is 0.392. The molecule has 1 aromatic carbocycles. The number of aliphatic imine (C=N–C) groups is 1. The quantitative estimate of drug-likeness (QED) is 0.439. The highest BCUT2D eigenvalue weighted by Crippen LogP contribution is 2.15. The molecule has 0 fully saturated rings. The molecule has 152 valence electrons. The molecule has 1 aromatic heterocycles. The molecule has 28 heavy (non-hydrogen) atoms. The van der Waals surface area contributed by atoms with E-state index in [9.17, 15) is 0 Å². The van der Waals surface area contributed by atoms with Gasteiger partial charge in [-0.2, -0.15) is 5.10 Å². The summed E-state index contributed by atoms with van der Waals surface area (Å²) in [6, 6.07) is 9.35. The highest BCUT2D eigenvalue weighted by molar-refractivity contribution is 5.79. The first kappa shape index (κ1) is 20.4. The van der Waals surface area contributed by atoms with Gasteiger partial charge in [-0.05, 0) is 36.3 Å². The zero-order chi connectivity index (χ0) is 19.9. The number of nitrogens with one attached hydrogen (secondary N) is 2. The van der Waals surface area contributed by atoms with Crippen LogP contribution < -0.4 is 10.6 Å². The molecule has 2 aromatic rings. The standard InChI is InChI=1S/C22H34N6/c1-5-20-26-21-13-12-19(15-28(21)27-20)25-22(23-4)24-14-6-7-17-8-10-18(11-9-17)16(2)3/h8-11,16,19H,5-7,12-15H2,1-4H3,(H2,23,24,25). The van der Waals surface area contributed by atoms with E-state index in [-0.39, 0.29) is 0 Å². The van der Waals surface area contributed by atoms with Crippen LogP contribution in [0.1, 0.15) is 62.3 Å². The molecule has 1 unspecified atom stereocenters. The Balaban J connectivity index is 1.41. The summed E-state index contributed by atoms with van der Waals surface area (Å²) in [6.45, 7) is 8.33. The fourth-order valence-electron chi connectivity index (χ4n) is 3.58. The molecule has 0 spiro atoms. The second-order valence-electron chi connectivity index (χ2n) is 7.86. The minimum absolute atomic E-state index is 0.341. The molecule has 0 radical (unpaired) electrons. The fraction of sp³-hybridized carbons (Fsp3) is 0.591. The summed E-state index contributed by atoms with van der Waals surface area (Å²) in [4.78, 5) is 8.97. The van der Waals surface area contributed by atoms with Crippen molar-refractivity contribution in [1.29, 1.82) is 0 Å². The van der Waals surface area contributed by atoms with Crippen LogP contribution >= 0.6 is 0 Å². The summed E-state index contributed by atoms with van der Waals surface area (Å²) >= 11 is 0. The summed E-state index contributed by atoms with van der Waals surface area (Å²) in [6.07, 6.45) is 5.08. The van der Waals surface area contributed by atoms with E-state index in [1.54, 1.807) is 0 Å². The maximum atomic E-state index is 4.59. The van der Waals surface area contributed by atoms with Gasteiger partial charge in [-0.1, -0.05) is 45.0 Å². The van der Waals surface area contributed by atoms with Crippen molar-refractivity contribution in [2.75, 3.05) is 13.6 Å². The van der Waals surface area contributed by atoms with E-state index in [0.29, 0.717) is 12.0 Å². The minimum Gasteiger partial charge on any atom is -0.356 e. The Labute approximate surface area is 168 Å². The number of aromatic nitrogens is 3. The Morgan fingerprint density at radius 3 is 2.75 bits per heavy atom. The van der Waals surface area contributed by atoms with E-state index in [0.717, 1.165) is 62.8 Å². The Hall–Kier alpha value is -2.37. The number of hydrogen-bond acceptors (Lipinski definition) is 3. The number of guanidine groups is 1. The predicted molar refractivity (Wildman–Crippen MR) is 115 cm³/mol. The first-order valence-corrected chi connectivity index (χ1v) is 10.6. The Morgan fingerprint density at radius 2 is 2.07 bits per heavy atom. The molecule has 1 aliphatic heterocycles. The third-order valence-electron chi connectivity index (χ3n) is 5.36. The van der Waals surface area contributed by atoms with E-state index in [4.69, 9.17) is 0 Å². The van der Waals surface area contributed by atoms with Crippen LogP contribution in [0.5, 0.6) is 0 Å². The van der Waals surface area contributed by atoms with Gasteiger partial charge in [-0.3, -0.25) is 4.99 Å². The van der Waals surface area contributed by atoms with Crippen molar-refractivity contribution >= 4 is 5.96 Å². The molecular formula is C22H34N6. The van der Waals surface area contributed by atoms with Crippen molar-refractivity contribution in [2.24, 2.45) is 4.99 Å². The third-order valence-corrected chi connectivity index (χ3v) is 5.36. The van der Waals surface area contributed by atoms with Crippen molar-refractivity contribution in [3.8, 4) is 0 Å². The van der Waals surface area contributed by atoms with Crippen molar-refractivity contribution in [3.05, 3.63) is 47.0 Å². The monoisotopic (exact) mass is 382 g/mol. The second kappa shape index (κ2) is 9.71. The zero-order valence-corrected chi connectivity index (χ0v) is 17.7. The molecular weight excluding hydrogens is 348 g/mol. The molecule has 0 saturated heterocycles. The molecule has 2 heterocycles.